The molecule has 1 aromatic heterocycles. The summed E-state index contributed by atoms with van der Waals surface area (Å²) in [5, 5.41) is 11.6. The smallest absolute Gasteiger partial charge is 0.234 e. The second kappa shape index (κ2) is 8.73. The van der Waals surface area contributed by atoms with Crippen molar-refractivity contribution in [2.45, 2.75) is 32.0 Å². The van der Waals surface area contributed by atoms with Crippen molar-refractivity contribution in [3.8, 4) is 11.5 Å². The van der Waals surface area contributed by atoms with E-state index in [-0.39, 0.29) is 17.7 Å². The minimum atomic E-state index is -0.126. The quantitative estimate of drug-likeness (QED) is 0.600. The maximum atomic E-state index is 12.4. The van der Waals surface area contributed by atoms with Gasteiger partial charge in [-0.1, -0.05) is 36.0 Å². The van der Waals surface area contributed by atoms with E-state index in [2.05, 4.69) is 15.5 Å². The van der Waals surface area contributed by atoms with Crippen LogP contribution in [0.25, 0.3) is 0 Å². The van der Waals surface area contributed by atoms with E-state index in [0.29, 0.717) is 11.4 Å². The van der Waals surface area contributed by atoms with Crippen molar-refractivity contribution in [1.82, 2.24) is 14.8 Å². The first kappa shape index (κ1) is 19.0. The van der Waals surface area contributed by atoms with E-state index < -0.39 is 0 Å². The van der Waals surface area contributed by atoms with E-state index in [1.807, 2.05) is 73.9 Å². The fraction of sp³-hybridized carbons (Fsp3) is 0.250. The zero-order valence-electron chi connectivity index (χ0n) is 15.5. The molecule has 0 atom stereocenters. The minimum Gasteiger partial charge on any atom is -0.455 e. The number of para-hydroxylation sites is 2. The van der Waals surface area contributed by atoms with Gasteiger partial charge < -0.3 is 14.6 Å². The molecule has 0 bridgehead atoms. The average Bonchev–Trinajstić information content (AvgIpc) is 3.11. The van der Waals surface area contributed by atoms with Crippen molar-refractivity contribution in [2.24, 2.45) is 0 Å². The third-order valence-electron chi connectivity index (χ3n) is 3.81. The van der Waals surface area contributed by atoms with Gasteiger partial charge in [0.25, 0.3) is 0 Å². The van der Waals surface area contributed by atoms with E-state index in [1.165, 1.54) is 11.8 Å². The number of aryl methyl sites for hydroxylation is 1. The second-order valence-electron chi connectivity index (χ2n) is 6.37. The molecule has 0 saturated carbocycles. The Bertz CT molecular complexity index is 924. The Labute approximate surface area is 163 Å². The Morgan fingerprint density at radius 3 is 2.81 bits per heavy atom. The number of hydrogen-bond donors (Lipinski definition) is 1. The number of benzene rings is 2. The van der Waals surface area contributed by atoms with E-state index in [4.69, 9.17) is 4.74 Å². The maximum absolute atomic E-state index is 12.4. The van der Waals surface area contributed by atoms with Crippen LogP contribution in [0.4, 0.5) is 5.69 Å². The molecule has 2 aromatic carbocycles. The molecule has 0 fully saturated rings. The van der Waals surface area contributed by atoms with Crippen molar-refractivity contribution >= 4 is 23.4 Å². The molecule has 0 radical (unpaired) electrons. The molecule has 1 amide bonds. The lowest BCUT2D eigenvalue weighted by molar-refractivity contribution is -0.113. The van der Waals surface area contributed by atoms with Crippen LogP contribution in [0.2, 0.25) is 0 Å². The van der Waals surface area contributed by atoms with E-state index in [1.54, 1.807) is 6.33 Å². The zero-order chi connectivity index (χ0) is 19.2. The monoisotopic (exact) mass is 382 g/mol. The van der Waals surface area contributed by atoms with Crippen LogP contribution in [0.3, 0.4) is 0 Å². The fourth-order valence-corrected chi connectivity index (χ4v) is 3.31. The first-order valence-corrected chi connectivity index (χ1v) is 9.67. The first-order valence-electron chi connectivity index (χ1n) is 8.68. The molecule has 27 heavy (non-hydrogen) atoms. The number of hydrogen-bond acceptors (Lipinski definition) is 5. The molecule has 0 aliphatic rings. The van der Waals surface area contributed by atoms with Gasteiger partial charge in [0.05, 0.1) is 11.4 Å². The molecule has 1 N–H and O–H groups in total. The maximum Gasteiger partial charge on any atom is 0.234 e. The number of aromatic nitrogens is 3. The second-order valence-corrected chi connectivity index (χ2v) is 7.31. The first-order chi connectivity index (χ1) is 13.0. The molecule has 1 heterocycles. The van der Waals surface area contributed by atoms with Gasteiger partial charge in [-0.25, -0.2) is 0 Å². The number of ether oxygens (including phenoxy) is 1. The summed E-state index contributed by atoms with van der Waals surface area (Å²) < 4.78 is 7.88. The molecule has 0 spiro atoms. The standard InChI is InChI=1S/C20H22N4O2S/c1-14(2)24-13-21-23-20(24)27-12-19(25)22-17-9-4-5-10-18(17)26-16-8-6-7-15(3)11-16/h4-11,13-14H,12H2,1-3H3,(H,22,25). The highest BCUT2D eigenvalue weighted by molar-refractivity contribution is 7.99. The third kappa shape index (κ3) is 5.10. The summed E-state index contributed by atoms with van der Waals surface area (Å²) >= 11 is 1.36. The molecule has 3 rings (SSSR count). The summed E-state index contributed by atoms with van der Waals surface area (Å²) in [7, 11) is 0. The van der Waals surface area contributed by atoms with Crippen LogP contribution in [-0.4, -0.2) is 26.4 Å². The summed E-state index contributed by atoms with van der Waals surface area (Å²) in [6.07, 6.45) is 1.68. The number of carbonyl (C=O) groups is 1. The van der Waals surface area contributed by atoms with Crippen molar-refractivity contribution in [2.75, 3.05) is 11.1 Å². The van der Waals surface area contributed by atoms with Crippen LogP contribution in [0.5, 0.6) is 11.5 Å². The van der Waals surface area contributed by atoms with Gasteiger partial charge in [0.2, 0.25) is 5.91 Å². The van der Waals surface area contributed by atoms with Gasteiger partial charge >= 0.3 is 0 Å². The third-order valence-corrected chi connectivity index (χ3v) is 4.76. The summed E-state index contributed by atoms with van der Waals surface area (Å²) in [5.74, 6) is 1.45. The number of rotatable bonds is 7. The van der Waals surface area contributed by atoms with E-state index in [9.17, 15) is 4.79 Å². The SMILES string of the molecule is Cc1cccc(Oc2ccccc2NC(=O)CSc2nncn2C(C)C)c1. The van der Waals surface area contributed by atoms with Crippen LogP contribution in [-0.2, 0) is 4.79 Å². The lowest BCUT2D eigenvalue weighted by Gasteiger charge is -2.13. The van der Waals surface area contributed by atoms with Gasteiger partial charge in [0.1, 0.15) is 12.1 Å². The Morgan fingerprint density at radius 1 is 1.22 bits per heavy atom. The molecule has 0 aliphatic carbocycles. The van der Waals surface area contributed by atoms with Gasteiger partial charge in [0.15, 0.2) is 10.9 Å². The topological polar surface area (TPSA) is 69.0 Å². The van der Waals surface area contributed by atoms with Crippen molar-refractivity contribution in [3.05, 3.63) is 60.4 Å². The van der Waals surface area contributed by atoms with Crippen LogP contribution in [0.15, 0.2) is 60.0 Å². The molecule has 3 aromatic rings. The van der Waals surface area contributed by atoms with Crippen LogP contribution in [0.1, 0.15) is 25.5 Å². The molecular formula is C20H22N4O2S. The van der Waals surface area contributed by atoms with Crippen molar-refractivity contribution < 1.29 is 9.53 Å². The number of anilines is 1. The fourth-order valence-electron chi connectivity index (χ4n) is 2.47. The average molecular weight is 382 g/mol. The number of nitrogens with one attached hydrogen (secondary N) is 1. The summed E-state index contributed by atoms with van der Waals surface area (Å²) in [6.45, 7) is 6.10. The molecule has 7 heteroatoms. The van der Waals surface area contributed by atoms with Gasteiger partial charge in [-0.3, -0.25) is 4.79 Å². The predicted octanol–water partition coefficient (Wildman–Crippen LogP) is 4.69. The van der Waals surface area contributed by atoms with Crippen LogP contribution >= 0.6 is 11.8 Å². The number of amides is 1. The van der Waals surface area contributed by atoms with E-state index in [0.717, 1.165) is 16.5 Å². The Balaban J connectivity index is 1.65. The van der Waals surface area contributed by atoms with Gasteiger partial charge in [0, 0.05) is 6.04 Å². The molecule has 140 valence electrons. The molecule has 0 unspecified atom stereocenters. The largest absolute Gasteiger partial charge is 0.455 e. The predicted molar refractivity (Wildman–Crippen MR) is 107 cm³/mol. The summed E-state index contributed by atoms with van der Waals surface area (Å²) in [5.41, 5.74) is 1.75. The number of nitrogens with zero attached hydrogens (tertiary/aromatic N) is 3. The van der Waals surface area contributed by atoms with Gasteiger partial charge in [-0.2, -0.15) is 0 Å². The normalized spacial score (nSPS) is 10.8. The van der Waals surface area contributed by atoms with Crippen molar-refractivity contribution in [1.29, 1.82) is 0 Å². The summed E-state index contributed by atoms with van der Waals surface area (Å²) in [4.78, 5) is 12.4. The lowest BCUT2D eigenvalue weighted by Crippen LogP contribution is -2.15. The van der Waals surface area contributed by atoms with Crippen molar-refractivity contribution in [3.63, 3.8) is 0 Å². The Hall–Kier alpha value is -2.80. The Kier molecular flexibility index (Phi) is 6.13. The van der Waals surface area contributed by atoms with Crippen LogP contribution in [0, 0.1) is 6.92 Å². The highest BCUT2D eigenvalue weighted by Gasteiger charge is 2.13. The number of carbonyl (C=O) groups excluding carboxylic acids is 1. The summed E-state index contributed by atoms with van der Waals surface area (Å²) in [6, 6.07) is 15.4. The highest BCUT2D eigenvalue weighted by Crippen LogP contribution is 2.30. The highest BCUT2D eigenvalue weighted by atomic mass is 32.2. The van der Waals surface area contributed by atoms with Crippen LogP contribution < -0.4 is 10.1 Å². The molecular weight excluding hydrogens is 360 g/mol. The molecule has 6 nitrogen and oxygen atoms in total. The molecule has 0 aliphatic heterocycles. The minimum absolute atomic E-state index is 0.126. The lowest BCUT2D eigenvalue weighted by atomic mass is 10.2. The Morgan fingerprint density at radius 2 is 2.04 bits per heavy atom. The zero-order valence-corrected chi connectivity index (χ0v) is 16.4. The van der Waals surface area contributed by atoms with E-state index >= 15 is 0 Å². The number of thioether (sulfide) groups is 1. The van der Waals surface area contributed by atoms with Gasteiger partial charge in [-0.05, 0) is 50.6 Å². The molecule has 0 saturated heterocycles. The van der Waals surface area contributed by atoms with Gasteiger partial charge in [-0.15, -0.1) is 10.2 Å².